The fourth-order valence-corrected chi connectivity index (χ4v) is 2.89. The highest BCUT2D eigenvalue weighted by Gasteiger charge is 2.19. The minimum absolute atomic E-state index is 0.211. The molecule has 1 fully saturated rings. The molecule has 0 aliphatic carbocycles. The summed E-state index contributed by atoms with van der Waals surface area (Å²) in [5, 5.41) is 12.5. The predicted octanol–water partition coefficient (Wildman–Crippen LogP) is 3.34. The van der Waals surface area contributed by atoms with Crippen LogP contribution in [0, 0.1) is 11.3 Å². The first-order valence-corrected chi connectivity index (χ1v) is 8.19. The third-order valence-electron chi connectivity index (χ3n) is 3.96. The number of carbonyl (C=O) groups excluding carboxylic acids is 1. The van der Waals surface area contributed by atoms with E-state index < -0.39 is 0 Å². The molecule has 1 amide bonds. The molecule has 6 heteroatoms. The molecule has 1 aromatic heterocycles. The van der Waals surface area contributed by atoms with Gasteiger partial charge in [0.05, 0.1) is 5.02 Å². The van der Waals surface area contributed by atoms with Crippen LogP contribution in [0.3, 0.4) is 0 Å². The smallest absolute Gasteiger partial charge is 0.222 e. The van der Waals surface area contributed by atoms with Crippen LogP contribution in [0.25, 0.3) is 0 Å². The van der Waals surface area contributed by atoms with E-state index in [9.17, 15) is 4.79 Å². The van der Waals surface area contributed by atoms with Crippen molar-refractivity contribution in [1.82, 2.24) is 9.88 Å². The average Bonchev–Trinajstić information content (AvgIpc) is 2.99. The topological polar surface area (TPSA) is 69.0 Å². The second kappa shape index (κ2) is 7.33. The Bertz CT molecular complexity index is 800. The number of nitrogens with zero attached hydrogens (tertiary/aromatic N) is 3. The third kappa shape index (κ3) is 3.84. The molecule has 1 aromatic carbocycles. The van der Waals surface area contributed by atoms with Gasteiger partial charge in [0.25, 0.3) is 0 Å². The first kappa shape index (κ1) is 16.3. The number of likely N-dealkylation sites (tertiary alicyclic amines) is 1. The van der Waals surface area contributed by atoms with E-state index in [2.05, 4.69) is 16.4 Å². The number of halogens is 1. The first-order chi connectivity index (χ1) is 11.7. The number of pyridine rings is 1. The van der Waals surface area contributed by atoms with E-state index in [0.29, 0.717) is 30.4 Å². The number of carbonyl (C=O) groups is 1. The zero-order valence-electron chi connectivity index (χ0n) is 13.1. The van der Waals surface area contributed by atoms with Crippen LogP contribution in [0.2, 0.25) is 5.02 Å². The monoisotopic (exact) mass is 340 g/mol. The summed E-state index contributed by atoms with van der Waals surface area (Å²) in [6, 6.07) is 13.5. The Morgan fingerprint density at radius 2 is 2.12 bits per heavy atom. The number of hydrogen-bond acceptors (Lipinski definition) is 4. The molecule has 0 unspecified atom stereocenters. The summed E-state index contributed by atoms with van der Waals surface area (Å²) >= 11 is 5.88. The molecule has 5 nitrogen and oxygen atoms in total. The van der Waals surface area contributed by atoms with Crippen LogP contribution in [-0.2, 0) is 17.9 Å². The van der Waals surface area contributed by atoms with E-state index in [4.69, 9.17) is 16.9 Å². The van der Waals surface area contributed by atoms with Gasteiger partial charge >= 0.3 is 0 Å². The minimum atomic E-state index is 0.211. The molecule has 0 atom stereocenters. The zero-order valence-corrected chi connectivity index (χ0v) is 13.9. The highest BCUT2D eigenvalue weighted by atomic mass is 35.5. The zero-order chi connectivity index (χ0) is 16.9. The number of nitrogens with one attached hydrogen (secondary N) is 1. The largest absolute Gasteiger partial charge is 0.366 e. The van der Waals surface area contributed by atoms with Gasteiger partial charge in [0.1, 0.15) is 11.9 Å². The molecule has 1 N–H and O–H groups in total. The lowest BCUT2D eigenvalue weighted by atomic mass is 10.1. The number of hydrogen-bond donors (Lipinski definition) is 1. The van der Waals surface area contributed by atoms with Crippen molar-refractivity contribution in [3.63, 3.8) is 0 Å². The maximum Gasteiger partial charge on any atom is 0.222 e. The Balaban J connectivity index is 1.64. The van der Waals surface area contributed by atoms with E-state index in [0.717, 1.165) is 24.1 Å². The third-order valence-corrected chi connectivity index (χ3v) is 4.27. The number of amides is 1. The highest BCUT2D eigenvalue weighted by Crippen LogP contribution is 2.18. The van der Waals surface area contributed by atoms with Gasteiger partial charge in [-0.2, -0.15) is 5.26 Å². The molecule has 0 saturated carbocycles. The van der Waals surface area contributed by atoms with Gasteiger partial charge in [-0.1, -0.05) is 35.9 Å². The summed E-state index contributed by atoms with van der Waals surface area (Å²) in [5.74, 6) is 0.837. The van der Waals surface area contributed by atoms with Gasteiger partial charge < -0.3 is 10.2 Å². The van der Waals surface area contributed by atoms with E-state index in [1.165, 1.54) is 0 Å². The molecule has 2 aromatic rings. The van der Waals surface area contributed by atoms with E-state index in [1.54, 1.807) is 12.1 Å². The van der Waals surface area contributed by atoms with Crippen LogP contribution in [0.4, 0.5) is 5.82 Å². The molecule has 0 spiro atoms. The van der Waals surface area contributed by atoms with Gasteiger partial charge in [-0.05, 0) is 29.7 Å². The van der Waals surface area contributed by atoms with Crippen LogP contribution in [-0.4, -0.2) is 22.3 Å². The summed E-state index contributed by atoms with van der Waals surface area (Å²) in [4.78, 5) is 17.8. The van der Waals surface area contributed by atoms with Crippen LogP contribution in [0.5, 0.6) is 0 Å². The van der Waals surface area contributed by atoms with Gasteiger partial charge in [0, 0.05) is 26.1 Å². The molecule has 1 aliphatic rings. The average molecular weight is 341 g/mol. The second-order valence-corrected chi connectivity index (χ2v) is 6.14. The van der Waals surface area contributed by atoms with Crippen LogP contribution in [0.15, 0.2) is 36.4 Å². The quantitative estimate of drug-likeness (QED) is 0.906. The van der Waals surface area contributed by atoms with Crippen molar-refractivity contribution in [2.45, 2.75) is 25.9 Å². The molecule has 2 heterocycles. The van der Waals surface area contributed by atoms with Gasteiger partial charge in [-0.25, -0.2) is 4.98 Å². The lowest BCUT2D eigenvalue weighted by Crippen LogP contribution is -2.23. The molecule has 24 heavy (non-hydrogen) atoms. The molecule has 0 radical (unpaired) electrons. The molecule has 0 bridgehead atoms. The van der Waals surface area contributed by atoms with Crippen molar-refractivity contribution in [3.05, 3.63) is 58.2 Å². The Morgan fingerprint density at radius 1 is 1.29 bits per heavy atom. The SMILES string of the molecule is N#Cc1nc(NCc2cccc(CN3CCCC3=O)c2)ccc1Cl. The molecule has 3 rings (SSSR count). The summed E-state index contributed by atoms with van der Waals surface area (Å²) in [6.07, 6.45) is 1.61. The molecule has 122 valence electrons. The van der Waals surface area contributed by atoms with Gasteiger partial charge in [-0.3, -0.25) is 4.79 Å². The summed E-state index contributed by atoms with van der Waals surface area (Å²) in [6.45, 7) is 2.08. The maximum atomic E-state index is 11.7. The molecule has 1 saturated heterocycles. The van der Waals surface area contributed by atoms with E-state index in [1.807, 2.05) is 29.2 Å². The van der Waals surface area contributed by atoms with E-state index >= 15 is 0 Å². The number of aromatic nitrogens is 1. The highest BCUT2D eigenvalue weighted by molar-refractivity contribution is 6.31. The first-order valence-electron chi connectivity index (χ1n) is 7.82. The molecular weight excluding hydrogens is 324 g/mol. The molecule has 1 aliphatic heterocycles. The summed E-state index contributed by atoms with van der Waals surface area (Å²) in [5.41, 5.74) is 2.42. The summed E-state index contributed by atoms with van der Waals surface area (Å²) < 4.78 is 0. The van der Waals surface area contributed by atoms with Crippen molar-refractivity contribution >= 4 is 23.3 Å². The predicted molar refractivity (Wildman–Crippen MR) is 92.4 cm³/mol. The Hall–Kier alpha value is -2.58. The Morgan fingerprint density at radius 3 is 2.88 bits per heavy atom. The number of nitriles is 1. The lowest BCUT2D eigenvalue weighted by Gasteiger charge is -2.16. The number of anilines is 1. The normalized spacial score (nSPS) is 13.8. The lowest BCUT2D eigenvalue weighted by molar-refractivity contribution is -0.128. The fourth-order valence-electron chi connectivity index (χ4n) is 2.74. The number of rotatable bonds is 5. The van der Waals surface area contributed by atoms with Gasteiger partial charge in [0.2, 0.25) is 5.91 Å². The summed E-state index contributed by atoms with van der Waals surface area (Å²) in [7, 11) is 0. The van der Waals surface area contributed by atoms with Crippen molar-refractivity contribution < 1.29 is 4.79 Å². The van der Waals surface area contributed by atoms with Crippen molar-refractivity contribution in [3.8, 4) is 6.07 Å². The maximum absolute atomic E-state index is 11.7. The van der Waals surface area contributed by atoms with Crippen LogP contribution >= 0.6 is 11.6 Å². The molecular formula is C18H17ClN4O. The van der Waals surface area contributed by atoms with Crippen LogP contribution < -0.4 is 5.32 Å². The minimum Gasteiger partial charge on any atom is -0.366 e. The van der Waals surface area contributed by atoms with Gasteiger partial charge in [-0.15, -0.1) is 0 Å². The van der Waals surface area contributed by atoms with Gasteiger partial charge in [0.15, 0.2) is 5.69 Å². The van der Waals surface area contributed by atoms with Crippen molar-refractivity contribution in [2.24, 2.45) is 0 Å². The fraction of sp³-hybridized carbons (Fsp3) is 0.278. The standard InChI is InChI=1S/C18H17ClN4O/c19-15-6-7-17(22-16(15)10-20)21-11-13-3-1-4-14(9-13)12-23-8-2-5-18(23)24/h1,3-4,6-7,9H,2,5,8,11-12H2,(H,21,22). The second-order valence-electron chi connectivity index (χ2n) is 5.73. The van der Waals surface area contributed by atoms with Crippen molar-refractivity contribution in [1.29, 1.82) is 5.26 Å². The van der Waals surface area contributed by atoms with E-state index in [-0.39, 0.29) is 11.6 Å². The number of benzene rings is 1. The Kier molecular flexibility index (Phi) is 4.97. The Labute approximate surface area is 145 Å². The van der Waals surface area contributed by atoms with Crippen molar-refractivity contribution in [2.75, 3.05) is 11.9 Å². The van der Waals surface area contributed by atoms with Crippen LogP contribution in [0.1, 0.15) is 29.7 Å².